The van der Waals surface area contributed by atoms with Crippen LogP contribution < -0.4 is 0 Å². The van der Waals surface area contributed by atoms with Gasteiger partial charge in [-0.2, -0.15) is 0 Å². The third kappa shape index (κ3) is 3.76. The van der Waals surface area contributed by atoms with Crippen LogP contribution in [0.25, 0.3) is 22.0 Å². The number of ether oxygens (including phenoxy) is 1. The Bertz CT molecular complexity index is 1070. The first kappa shape index (κ1) is 17.4. The maximum Gasteiger partial charge on any atom is 0.0739 e. The van der Waals surface area contributed by atoms with Crippen molar-refractivity contribution in [3.8, 4) is 11.1 Å². The van der Waals surface area contributed by atoms with E-state index in [0.717, 1.165) is 22.2 Å². The van der Waals surface area contributed by atoms with Gasteiger partial charge in [0.2, 0.25) is 0 Å². The quantitative estimate of drug-likeness (QED) is 0.424. The van der Waals surface area contributed by atoms with Crippen molar-refractivity contribution < 1.29 is 4.74 Å². The molecule has 0 bridgehead atoms. The lowest BCUT2D eigenvalue weighted by molar-refractivity contribution is 0.106. The van der Waals surface area contributed by atoms with Crippen LogP contribution >= 0.6 is 0 Å². The van der Waals surface area contributed by atoms with E-state index in [9.17, 15) is 0 Å². The van der Waals surface area contributed by atoms with Gasteiger partial charge in [0.25, 0.3) is 0 Å². The van der Waals surface area contributed by atoms with E-state index in [0.29, 0.717) is 13.2 Å². The van der Waals surface area contributed by atoms with Crippen LogP contribution in [0.15, 0.2) is 78.9 Å². The minimum Gasteiger partial charge on any atom is -0.372 e. The van der Waals surface area contributed by atoms with Gasteiger partial charge in [-0.25, -0.2) is 0 Å². The largest absolute Gasteiger partial charge is 0.372 e. The molecule has 134 valence electrons. The molecule has 0 saturated carbocycles. The Kier molecular flexibility index (Phi) is 4.99. The summed E-state index contributed by atoms with van der Waals surface area (Å²) in [4.78, 5) is 4.70. The van der Waals surface area contributed by atoms with Gasteiger partial charge in [0, 0.05) is 11.1 Å². The third-order valence-electron chi connectivity index (χ3n) is 5.02. The van der Waals surface area contributed by atoms with Gasteiger partial charge in [0.15, 0.2) is 0 Å². The van der Waals surface area contributed by atoms with Crippen molar-refractivity contribution in [2.24, 2.45) is 0 Å². The van der Waals surface area contributed by atoms with Crippen molar-refractivity contribution in [2.45, 2.75) is 27.1 Å². The number of benzene rings is 3. The summed E-state index contributed by atoms with van der Waals surface area (Å²) >= 11 is 0. The van der Waals surface area contributed by atoms with E-state index in [2.05, 4.69) is 61.5 Å². The highest BCUT2D eigenvalue weighted by atomic mass is 16.5. The van der Waals surface area contributed by atoms with Crippen LogP contribution in [-0.2, 0) is 18.0 Å². The lowest BCUT2D eigenvalue weighted by Crippen LogP contribution is -2.01. The van der Waals surface area contributed by atoms with E-state index in [-0.39, 0.29) is 0 Å². The van der Waals surface area contributed by atoms with E-state index >= 15 is 0 Å². The molecular weight excluding hydrogens is 330 g/mol. The van der Waals surface area contributed by atoms with E-state index in [1.165, 1.54) is 22.3 Å². The predicted octanol–water partition coefficient (Wildman–Crippen LogP) is 6.24. The fraction of sp³-hybridized carbons (Fsp3) is 0.160. The van der Waals surface area contributed by atoms with Gasteiger partial charge in [-0.1, -0.05) is 66.7 Å². The summed E-state index contributed by atoms with van der Waals surface area (Å²) in [7, 11) is 0. The smallest absolute Gasteiger partial charge is 0.0739 e. The number of hydrogen-bond donors (Lipinski definition) is 0. The van der Waals surface area contributed by atoms with Crippen molar-refractivity contribution in [1.82, 2.24) is 4.98 Å². The Morgan fingerprint density at radius 2 is 1.56 bits per heavy atom. The third-order valence-corrected chi connectivity index (χ3v) is 5.02. The number of hydrogen-bond acceptors (Lipinski definition) is 2. The van der Waals surface area contributed by atoms with Crippen LogP contribution in [0, 0.1) is 13.8 Å². The number of aromatic nitrogens is 1. The van der Waals surface area contributed by atoms with Crippen molar-refractivity contribution in [3.63, 3.8) is 0 Å². The molecule has 0 fully saturated rings. The van der Waals surface area contributed by atoms with E-state index in [1.807, 2.05) is 31.2 Å². The molecule has 1 aromatic heterocycles. The molecule has 27 heavy (non-hydrogen) atoms. The molecule has 0 aliphatic rings. The number of fused-ring (bicyclic) bond motifs is 1. The second-order valence-corrected chi connectivity index (χ2v) is 6.89. The van der Waals surface area contributed by atoms with Gasteiger partial charge in [-0.3, -0.25) is 4.98 Å². The molecule has 0 spiro atoms. The van der Waals surface area contributed by atoms with Gasteiger partial charge >= 0.3 is 0 Å². The predicted molar refractivity (Wildman–Crippen MR) is 112 cm³/mol. The SMILES string of the molecule is Cc1cccc(-c2ccccc2)c1COCc1cc2ccccc2nc1C. The van der Waals surface area contributed by atoms with Gasteiger partial charge in [-0.05, 0) is 53.8 Å². The van der Waals surface area contributed by atoms with Crippen molar-refractivity contribution >= 4 is 10.9 Å². The summed E-state index contributed by atoms with van der Waals surface area (Å²) in [5.74, 6) is 0. The average molecular weight is 353 g/mol. The molecule has 4 rings (SSSR count). The fourth-order valence-electron chi connectivity index (χ4n) is 3.45. The maximum absolute atomic E-state index is 6.14. The maximum atomic E-state index is 6.14. The molecule has 3 aromatic carbocycles. The average Bonchev–Trinajstić information content (AvgIpc) is 2.70. The standard InChI is InChI=1S/C25H23NO/c1-18-9-8-13-23(20-10-4-3-5-11-20)24(18)17-27-16-22-15-21-12-6-7-14-25(21)26-19(22)2/h3-15H,16-17H2,1-2H3. The number of pyridine rings is 1. The zero-order valence-corrected chi connectivity index (χ0v) is 15.8. The highest BCUT2D eigenvalue weighted by Crippen LogP contribution is 2.27. The molecule has 0 aliphatic carbocycles. The fourth-order valence-corrected chi connectivity index (χ4v) is 3.45. The second kappa shape index (κ2) is 7.73. The minimum absolute atomic E-state index is 0.562. The van der Waals surface area contributed by atoms with Crippen LogP contribution in [-0.4, -0.2) is 4.98 Å². The Balaban J connectivity index is 1.56. The number of para-hydroxylation sites is 1. The van der Waals surface area contributed by atoms with Crippen LogP contribution in [0.2, 0.25) is 0 Å². The molecule has 4 aromatic rings. The topological polar surface area (TPSA) is 22.1 Å². The Morgan fingerprint density at radius 3 is 2.41 bits per heavy atom. The van der Waals surface area contributed by atoms with Crippen molar-refractivity contribution in [2.75, 3.05) is 0 Å². The first-order valence-corrected chi connectivity index (χ1v) is 9.29. The molecular formula is C25H23NO. The van der Waals surface area contributed by atoms with Gasteiger partial charge < -0.3 is 4.74 Å². The summed E-state index contributed by atoms with van der Waals surface area (Å²) in [6.45, 7) is 5.34. The number of rotatable bonds is 5. The van der Waals surface area contributed by atoms with Crippen molar-refractivity contribution in [1.29, 1.82) is 0 Å². The van der Waals surface area contributed by atoms with Crippen LogP contribution in [0.5, 0.6) is 0 Å². The van der Waals surface area contributed by atoms with E-state index in [4.69, 9.17) is 9.72 Å². The summed E-state index contributed by atoms with van der Waals surface area (Å²) < 4.78 is 6.14. The summed E-state index contributed by atoms with van der Waals surface area (Å²) in [6.07, 6.45) is 0. The minimum atomic E-state index is 0.562. The summed E-state index contributed by atoms with van der Waals surface area (Å²) in [5, 5.41) is 1.16. The molecule has 0 amide bonds. The molecule has 0 atom stereocenters. The van der Waals surface area contributed by atoms with Crippen LogP contribution in [0.3, 0.4) is 0 Å². The molecule has 1 heterocycles. The first-order valence-electron chi connectivity index (χ1n) is 9.29. The normalized spacial score (nSPS) is 11.0. The molecule has 0 radical (unpaired) electrons. The van der Waals surface area contributed by atoms with Gasteiger partial charge in [-0.15, -0.1) is 0 Å². The van der Waals surface area contributed by atoms with Crippen LogP contribution in [0.1, 0.15) is 22.4 Å². The highest BCUT2D eigenvalue weighted by Gasteiger charge is 2.09. The molecule has 0 N–H and O–H groups in total. The summed E-state index contributed by atoms with van der Waals surface area (Å²) in [5.41, 5.74) is 8.17. The number of aryl methyl sites for hydroxylation is 2. The van der Waals surface area contributed by atoms with Gasteiger partial charge in [0.1, 0.15) is 0 Å². The lowest BCUT2D eigenvalue weighted by atomic mass is 9.96. The highest BCUT2D eigenvalue weighted by molar-refractivity contribution is 5.79. The van der Waals surface area contributed by atoms with Gasteiger partial charge in [0.05, 0.1) is 18.7 Å². The molecule has 2 heteroatoms. The molecule has 0 saturated heterocycles. The Labute approximate surface area is 160 Å². The monoisotopic (exact) mass is 353 g/mol. The lowest BCUT2D eigenvalue weighted by Gasteiger charge is -2.14. The molecule has 0 unspecified atom stereocenters. The first-order chi connectivity index (χ1) is 13.2. The zero-order chi connectivity index (χ0) is 18.6. The van der Waals surface area contributed by atoms with E-state index in [1.54, 1.807) is 0 Å². The Morgan fingerprint density at radius 1 is 0.778 bits per heavy atom. The van der Waals surface area contributed by atoms with Crippen molar-refractivity contribution in [3.05, 3.63) is 101 Å². The molecule has 2 nitrogen and oxygen atoms in total. The van der Waals surface area contributed by atoms with E-state index < -0.39 is 0 Å². The number of nitrogens with zero attached hydrogens (tertiary/aromatic N) is 1. The summed E-state index contributed by atoms with van der Waals surface area (Å²) in [6, 6.07) is 27.3. The second-order valence-electron chi connectivity index (χ2n) is 6.89. The zero-order valence-electron chi connectivity index (χ0n) is 15.8. The van der Waals surface area contributed by atoms with Crippen LogP contribution in [0.4, 0.5) is 0 Å². The Hall–Kier alpha value is -2.97. The molecule has 0 aliphatic heterocycles.